The standard InChI is InChI=1S/C12H24N2O4S/c1-9(2)7-10(11(15)16)8-14-12(17)13-5-4-6-19(3)18/h9-10H,4-8H2,1-3H3,(H,15,16)(H2,13,14,17). The van der Waals surface area contributed by atoms with E-state index in [0.29, 0.717) is 25.1 Å². The molecule has 0 aromatic carbocycles. The lowest BCUT2D eigenvalue weighted by atomic mass is 9.97. The molecule has 0 aliphatic carbocycles. The van der Waals surface area contributed by atoms with Gasteiger partial charge in [-0.1, -0.05) is 13.8 Å². The van der Waals surface area contributed by atoms with Gasteiger partial charge in [0, 0.05) is 35.9 Å². The smallest absolute Gasteiger partial charge is 0.314 e. The van der Waals surface area contributed by atoms with Crippen molar-refractivity contribution in [2.75, 3.05) is 25.1 Å². The Labute approximate surface area is 116 Å². The van der Waals surface area contributed by atoms with Crippen molar-refractivity contribution in [2.45, 2.75) is 26.7 Å². The van der Waals surface area contributed by atoms with Gasteiger partial charge in [0.15, 0.2) is 0 Å². The maximum absolute atomic E-state index is 11.4. The van der Waals surface area contributed by atoms with E-state index in [0.717, 1.165) is 0 Å². The summed E-state index contributed by atoms with van der Waals surface area (Å²) in [6.07, 6.45) is 2.79. The summed E-state index contributed by atoms with van der Waals surface area (Å²) in [7, 11) is -0.854. The molecule has 0 bridgehead atoms. The highest BCUT2D eigenvalue weighted by molar-refractivity contribution is 7.84. The Morgan fingerprint density at radius 2 is 1.89 bits per heavy atom. The minimum absolute atomic E-state index is 0.124. The highest BCUT2D eigenvalue weighted by Crippen LogP contribution is 2.10. The van der Waals surface area contributed by atoms with Gasteiger partial charge in [0.05, 0.1) is 5.92 Å². The summed E-state index contributed by atoms with van der Waals surface area (Å²) in [6, 6.07) is -0.378. The van der Waals surface area contributed by atoms with Crippen LogP contribution in [0.4, 0.5) is 4.79 Å². The van der Waals surface area contributed by atoms with Crippen molar-refractivity contribution in [2.24, 2.45) is 11.8 Å². The molecule has 0 heterocycles. The number of hydrogen-bond acceptors (Lipinski definition) is 3. The largest absolute Gasteiger partial charge is 0.481 e. The summed E-state index contributed by atoms with van der Waals surface area (Å²) in [5, 5.41) is 14.2. The minimum Gasteiger partial charge on any atom is -0.481 e. The molecule has 19 heavy (non-hydrogen) atoms. The maximum atomic E-state index is 11.4. The second kappa shape index (κ2) is 9.77. The van der Waals surface area contributed by atoms with Crippen LogP contribution in [0.15, 0.2) is 0 Å². The van der Waals surface area contributed by atoms with E-state index in [4.69, 9.17) is 5.11 Å². The first-order chi connectivity index (χ1) is 8.82. The molecule has 3 N–H and O–H groups in total. The van der Waals surface area contributed by atoms with Crippen LogP contribution in [-0.2, 0) is 15.6 Å². The Kier molecular flexibility index (Phi) is 9.20. The zero-order chi connectivity index (χ0) is 14.8. The molecule has 0 spiro atoms. The van der Waals surface area contributed by atoms with Crippen LogP contribution in [0.2, 0.25) is 0 Å². The number of rotatable bonds is 9. The van der Waals surface area contributed by atoms with Gasteiger partial charge >= 0.3 is 12.0 Å². The number of carboxylic acid groups (broad SMARTS) is 1. The lowest BCUT2D eigenvalue weighted by Crippen LogP contribution is -2.40. The van der Waals surface area contributed by atoms with Crippen LogP contribution in [0.25, 0.3) is 0 Å². The second-order valence-corrected chi connectivity index (χ2v) is 6.49. The Morgan fingerprint density at radius 3 is 2.37 bits per heavy atom. The van der Waals surface area contributed by atoms with Gasteiger partial charge in [0.1, 0.15) is 0 Å². The third-order valence-corrected chi connectivity index (χ3v) is 3.37. The number of hydrogen-bond donors (Lipinski definition) is 3. The summed E-state index contributed by atoms with van der Waals surface area (Å²) in [4.78, 5) is 22.4. The molecule has 0 radical (unpaired) electrons. The molecule has 7 heteroatoms. The van der Waals surface area contributed by atoms with E-state index in [9.17, 15) is 13.8 Å². The van der Waals surface area contributed by atoms with Crippen molar-refractivity contribution in [3.63, 3.8) is 0 Å². The first kappa shape index (κ1) is 17.9. The maximum Gasteiger partial charge on any atom is 0.314 e. The van der Waals surface area contributed by atoms with E-state index in [-0.39, 0.29) is 18.5 Å². The summed E-state index contributed by atoms with van der Waals surface area (Å²) >= 11 is 0. The lowest BCUT2D eigenvalue weighted by molar-refractivity contribution is -0.142. The van der Waals surface area contributed by atoms with E-state index in [1.54, 1.807) is 6.26 Å². The van der Waals surface area contributed by atoms with Crippen LogP contribution in [0, 0.1) is 11.8 Å². The minimum atomic E-state index is -0.893. The molecule has 0 saturated carbocycles. The molecule has 6 nitrogen and oxygen atoms in total. The fraction of sp³-hybridized carbons (Fsp3) is 0.833. The second-order valence-electron chi connectivity index (χ2n) is 4.93. The quantitative estimate of drug-likeness (QED) is 0.548. The fourth-order valence-electron chi connectivity index (χ4n) is 1.60. The molecule has 2 unspecified atom stereocenters. The molecule has 112 valence electrons. The number of nitrogens with one attached hydrogen (secondary N) is 2. The van der Waals surface area contributed by atoms with Gasteiger partial charge in [-0.05, 0) is 18.8 Å². The van der Waals surface area contributed by atoms with Gasteiger partial charge in [-0.3, -0.25) is 9.00 Å². The highest BCUT2D eigenvalue weighted by Gasteiger charge is 2.19. The zero-order valence-corrected chi connectivity index (χ0v) is 12.6. The van der Waals surface area contributed by atoms with Crippen molar-refractivity contribution in [1.29, 1.82) is 0 Å². The average molecular weight is 292 g/mol. The lowest BCUT2D eigenvalue weighted by Gasteiger charge is -2.15. The van der Waals surface area contributed by atoms with Crippen LogP contribution >= 0.6 is 0 Å². The van der Waals surface area contributed by atoms with Crippen molar-refractivity contribution in [3.05, 3.63) is 0 Å². The molecule has 0 aromatic rings. The third-order valence-electron chi connectivity index (χ3n) is 2.51. The summed E-state index contributed by atoms with van der Waals surface area (Å²) in [5.74, 6) is -0.638. The predicted octanol–water partition coefficient (Wildman–Crippen LogP) is 0.801. The zero-order valence-electron chi connectivity index (χ0n) is 11.8. The predicted molar refractivity (Wildman–Crippen MR) is 75.5 cm³/mol. The third kappa shape index (κ3) is 10.5. The average Bonchev–Trinajstić information content (AvgIpc) is 2.29. The fourth-order valence-corrected chi connectivity index (χ4v) is 2.15. The van der Waals surface area contributed by atoms with E-state index in [2.05, 4.69) is 10.6 Å². The van der Waals surface area contributed by atoms with Crippen LogP contribution in [0.5, 0.6) is 0 Å². The van der Waals surface area contributed by atoms with E-state index in [1.165, 1.54) is 0 Å². The number of carbonyl (C=O) groups is 2. The topological polar surface area (TPSA) is 95.5 Å². The summed E-state index contributed by atoms with van der Waals surface area (Å²) in [5.41, 5.74) is 0. The first-order valence-electron chi connectivity index (χ1n) is 6.37. The molecule has 0 aliphatic heterocycles. The van der Waals surface area contributed by atoms with Gasteiger partial charge < -0.3 is 15.7 Å². The van der Waals surface area contributed by atoms with Crippen molar-refractivity contribution >= 4 is 22.8 Å². The number of amides is 2. The van der Waals surface area contributed by atoms with Crippen LogP contribution in [0.3, 0.4) is 0 Å². The first-order valence-corrected chi connectivity index (χ1v) is 8.10. The molecule has 0 aliphatic rings. The Morgan fingerprint density at radius 1 is 1.26 bits per heavy atom. The molecule has 2 atom stereocenters. The summed E-state index contributed by atoms with van der Waals surface area (Å²) < 4.78 is 10.8. The van der Waals surface area contributed by atoms with Crippen LogP contribution < -0.4 is 10.6 Å². The Hall–Kier alpha value is -1.11. The van der Waals surface area contributed by atoms with Gasteiger partial charge in [-0.2, -0.15) is 0 Å². The SMILES string of the molecule is CC(C)CC(CNC(=O)NCCCS(C)=O)C(=O)O. The molecule has 0 fully saturated rings. The van der Waals surface area contributed by atoms with Crippen LogP contribution in [0.1, 0.15) is 26.7 Å². The molecule has 2 amide bonds. The van der Waals surface area contributed by atoms with Gasteiger partial charge in [-0.15, -0.1) is 0 Å². The molecule has 0 rings (SSSR count). The van der Waals surface area contributed by atoms with E-state index in [1.807, 2.05) is 13.8 Å². The normalized spacial score (nSPS) is 13.9. The van der Waals surface area contributed by atoms with Crippen molar-refractivity contribution in [1.82, 2.24) is 10.6 Å². The van der Waals surface area contributed by atoms with E-state index >= 15 is 0 Å². The van der Waals surface area contributed by atoms with E-state index < -0.39 is 22.7 Å². The van der Waals surface area contributed by atoms with Crippen molar-refractivity contribution < 1.29 is 18.9 Å². The number of carboxylic acids is 1. The number of urea groups is 1. The molecular formula is C12H24N2O4S. The van der Waals surface area contributed by atoms with Gasteiger partial charge in [-0.25, -0.2) is 4.79 Å². The van der Waals surface area contributed by atoms with Crippen molar-refractivity contribution in [3.8, 4) is 0 Å². The number of carbonyl (C=O) groups excluding carboxylic acids is 1. The number of aliphatic carboxylic acids is 1. The monoisotopic (exact) mass is 292 g/mol. The Bertz CT molecular complexity index is 321. The highest BCUT2D eigenvalue weighted by atomic mass is 32.2. The molecule has 0 saturated heterocycles. The Balaban J connectivity index is 3.85. The summed E-state index contributed by atoms with van der Waals surface area (Å²) in [6.45, 7) is 4.45. The molecule has 0 aromatic heterocycles. The van der Waals surface area contributed by atoms with Gasteiger partial charge in [0.2, 0.25) is 0 Å². The van der Waals surface area contributed by atoms with Gasteiger partial charge in [0.25, 0.3) is 0 Å². The van der Waals surface area contributed by atoms with Crippen LogP contribution in [-0.4, -0.2) is 46.4 Å². The molecular weight excluding hydrogens is 268 g/mol.